The third-order valence-corrected chi connectivity index (χ3v) is 6.29. The Kier molecular flexibility index (Phi) is 5.42. The lowest BCUT2D eigenvalue weighted by molar-refractivity contribution is -0.143. The summed E-state index contributed by atoms with van der Waals surface area (Å²) in [6.07, 6.45) is 1.19. The highest BCUT2D eigenvalue weighted by atomic mass is 16.5. The first kappa shape index (κ1) is 19.8. The van der Waals surface area contributed by atoms with Crippen LogP contribution in [0.5, 0.6) is 5.75 Å². The molecule has 5 rings (SSSR count). The number of rotatable bonds is 6. The van der Waals surface area contributed by atoms with Gasteiger partial charge in [-0.1, -0.05) is 36.9 Å². The molecule has 0 saturated carbocycles. The number of hydrogen-bond acceptors (Lipinski definition) is 5. The lowest BCUT2D eigenvalue weighted by Crippen LogP contribution is -2.49. The molecule has 0 radical (unpaired) electrons. The zero-order valence-corrected chi connectivity index (χ0v) is 18.7. The van der Waals surface area contributed by atoms with Gasteiger partial charge in [0.2, 0.25) is 11.8 Å². The number of nitrogens with zero attached hydrogens (tertiary/aromatic N) is 2. The summed E-state index contributed by atoms with van der Waals surface area (Å²) in [7, 11) is 0. The predicted octanol–water partition coefficient (Wildman–Crippen LogP) is 2.37. The number of fused-ring (bicyclic) bond motifs is 1. The van der Waals surface area contributed by atoms with E-state index in [0.717, 1.165) is 16.7 Å². The van der Waals surface area contributed by atoms with Gasteiger partial charge in [0.15, 0.2) is 0 Å². The summed E-state index contributed by atoms with van der Waals surface area (Å²) in [4.78, 5) is 40.4. The Hall–Kier alpha value is -3.65. The van der Waals surface area contributed by atoms with Crippen molar-refractivity contribution in [2.24, 2.45) is 0 Å². The molecule has 0 bridgehead atoms. The van der Waals surface area contributed by atoms with Gasteiger partial charge in [0.25, 0.3) is 5.91 Å². The average Bonchev–Trinajstić information content (AvgIpc) is 3.17. The van der Waals surface area contributed by atoms with E-state index in [0.29, 0.717) is 36.4 Å². The number of allylic oxidation sites excluding steroid dienone is 1. The number of morpholine rings is 1. The highest BCUT2D eigenvalue weighted by Gasteiger charge is 2.39. The smallest absolute Gasteiger partial charge is 0.255 e. The summed E-state index contributed by atoms with van der Waals surface area (Å²) < 4.78 is 27.1. The summed E-state index contributed by atoms with van der Waals surface area (Å²) >= 11 is 0. The van der Waals surface area contributed by atoms with Crippen LogP contribution in [-0.4, -0.2) is 53.3 Å². The van der Waals surface area contributed by atoms with Gasteiger partial charge < -0.3 is 24.6 Å². The van der Waals surface area contributed by atoms with Crippen molar-refractivity contribution < 1.29 is 26.6 Å². The fourth-order valence-electron chi connectivity index (χ4n) is 4.43. The molecule has 8 heteroatoms. The Bertz CT molecular complexity index is 1230. The number of nitrogens with one attached hydrogen (secondary N) is 1. The molecule has 2 aromatic rings. The van der Waals surface area contributed by atoms with E-state index in [9.17, 15) is 14.4 Å². The lowest BCUT2D eigenvalue weighted by atomic mass is 10.0. The molecule has 8 nitrogen and oxygen atoms in total. The molecule has 34 heavy (non-hydrogen) atoms. The molecule has 2 aromatic carbocycles. The molecule has 1 unspecified atom stereocenters. The molecule has 1 N–H and O–H groups in total. The fourth-order valence-corrected chi connectivity index (χ4v) is 4.43. The third-order valence-electron chi connectivity index (χ3n) is 6.29. The van der Waals surface area contributed by atoms with E-state index in [2.05, 4.69) is 11.9 Å². The van der Waals surface area contributed by atoms with Gasteiger partial charge in [-0.2, -0.15) is 0 Å². The van der Waals surface area contributed by atoms with Crippen molar-refractivity contribution in [3.8, 4) is 5.75 Å². The maximum atomic E-state index is 13.0. The number of carbonyl (C=O) groups is 3. The van der Waals surface area contributed by atoms with Crippen molar-refractivity contribution in [2.45, 2.75) is 38.6 Å². The van der Waals surface area contributed by atoms with E-state index in [-0.39, 0.29) is 44.1 Å². The first-order valence-corrected chi connectivity index (χ1v) is 11.2. The largest absolute Gasteiger partial charge is 0.489 e. The molecule has 3 heterocycles. The topological polar surface area (TPSA) is 88.2 Å². The summed E-state index contributed by atoms with van der Waals surface area (Å²) in [5.41, 5.74) is 3.67. The Labute approximate surface area is 200 Å². The highest BCUT2D eigenvalue weighted by molar-refractivity contribution is 6.02. The number of benzene rings is 2. The fraction of sp³-hybridized carbons (Fsp3) is 0.346. The Morgan fingerprint density at radius 2 is 1.94 bits per heavy atom. The zero-order chi connectivity index (χ0) is 25.4. The molecule has 176 valence electrons. The van der Waals surface area contributed by atoms with Gasteiger partial charge in [0.05, 0.1) is 15.9 Å². The maximum Gasteiger partial charge on any atom is 0.255 e. The maximum absolute atomic E-state index is 13.0. The van der Waals surface area contributed by atoms with E-state index < -0.39 is 12.5 Å². The van der Waals surface area contributed by atoms with Gasteiger partial charge in [-0.3, -0.25) is 14.4 Å². The van der Waals surface area contributed by atoms with E-state index in [4.69, 9.17) is 12.2 Å². The highest BCUT2D eigenvalue weighted by Crippen LogP contribution is 2.34. The van der Waals surface area contributed by atoms with E-state index in [1.807, 2.05) is 30.3 Å². The van der Waals surface area contributed by atoms with Crippen molar-refractivity contribution >= 4 is 17.7 Å². The van der Waals surface area contributed by atoms with Crippen LogP contribution in [0.3, 0.4) is 0 Å². The number of carbonyl (C=O) groups excluding carboxylic acids is 3. The van der Waals surface area contributed by atoms with Crippen LogP contribution in [-0.2, 0) is 34.0 Å². The van der Waals surface area contributed by atoms with E-state index in [1.165, 1.54) is 4.90 Å². The molecule has 2 saturated heterocycles. The minimum atomic E-state index is -1.84. The van der Waals surface area contributed by atoms with Crippen molar-refractivity contribution in [2.75, 3.05) is 19.7 Å². The summed E-state index contributed by atoms with van der Waals surface area (Å²) in [6.45, 7) is 2.43. The first-order valence-electron chi connectivity index (χ1n) is 12.2. The second-order valence-corrected chi connectivity index (χ2v) is 8.60. The monoisotopic (exact) mass is 463 g/mol. The third kappa shape index (κ3) is 4.41. The van der Waals surface area contributed by atoms with Crippen LogP contribution in [0.1, 0.15) is 42.6 Å². The van der Waals surface area contributed by atoms with Crippen LogP contribution in [0.4, 0.5) is 0 Å². The normalized spacial score (nSPS) is 22.8. The van der Waals surface area contributed by atoms with E-state index >= 15 is 0 Å². The molecule has 2 fully saturated rings. The second kappa shape index (κ2) is 9.30. The molecule has 0 spiro atoms. The second-order valence-electron chi connectivity index (χ2n) is 8.60. The molecule has 0 aromatic heterocycles. The predicted molar refractivity (Wildman–Crippen MR) is 124 cm³/mol. The standard InChI is InChI=1S/C26H27N3O5/c1-17-5-10-22(25(31)27-17)29-14-21-20(26(29)32)3-2-4-23(21)34-15-19-8-6-18(7-9-19)13-28-11-12-33-16-24(28)30/h2-4,6-9,22H,1,5,10-16H2,(H,27,31)/i11D2. The quantitative estimate of drug-likeness (QED) is 0.711. The molecular formula is C26H27N3O5. The SMILES string of the molecule is [2H]C1([2H])COCC(=O)N1Cc1ccc(COc2cccc3c2CN(C2CCC(=C)NC2=O)C3=O)cc1. The summed E-state index contributed by atoms with van der Waals surface area (Å²) in [6, 6.07) is 12.2. The minimum Gasteiger partial charge on any atom is -0.489 e. The van der Waals surface area contributed by atoms with Crippen LogP contribution in [0, 0.1) is 0 Å². The molecule has 3 aliphatic heterocycles. The Morgan fingerprint density at radius 3 is 2.71 bits per heavy atom. The minimum absolute atomic E-state index is 0.118. The average molecular weight is 464 g/mol. The van der Waals surface area contributed by atoms with Crippen LogP contribution >= 0.6 is 0 Å². The lowest BCUT2D eigenvalue weighted by Gasteiger charge is -2.31. The van der Waals surface area contributed by atoms with Crippen molar-refractivity contribution in [3.63, 3.8) is 0 Å². The van der Waals surface area contributed by atoms with Gasteiger partial charge in [-0.15, -0.1) is 0 Å². The number of piperidine rings is 1. The van der Waals surface area contributed by atoms with Crippen molar-refractivity contribution in [1.29, 1.82) is 0 Å². The van der Waals surface area contributed by atoms with Gasteiger partial charge >= 0.3 is 0 Å². The van der Waals surface area contributed by atoms with Gasteiger partial charge in [0, 0.05) is 29.9 Å². The summed E-state index contributed by atoms with van der Waals surface area (Å²) in [5, 5.41) is 2.74. The Morgan fingerprint density at radius 1 is 1.15 bits per heavy atom. The molecule has 0 aliphatic carbocycles. The number of ether oxygens (including phenoxy) is 2. The molecular weight excluding hydrogens is 434 g/mol. The van der Waals surface area contributed by atoms with Crippen molar-refractivity contribution in [1.82, 2.24) is 15.1 Å². The molecule has 3 amide bonds. The van der Waals surface area contributed by atoms with Crippen LogP contribution < -0.4 is 10.1 Å². The van der Waals surface area contributed by atoms with Crippen LogP contribution in [0.25, 0.3) is 0 Å². The van der Waals surface area contributed by atoms with Gasteiger partial charge in [0.1, 0.15) is 25.0 Å². The number of hydrogen-bond donors (Lipinski definition) is 1. The summed E-state index contributed by atoms with van der Waals surface area (Å²) in [5.74, 6) is -0.164. The van der Waals surface area contributed by atoms with Crippen molar-refractivity contribution in [3.05, 3.63) is 77.0 Å². The van der Waals surface area contributed by atoms with E-state index in [1.54, 1.807) is 17.0 Å². The zero-order valence-electron chi connectivity index (χ0n) is 20.7. The van der Waals surface area contributed by atoms with Gasteiger partial charge in [-0.25, -0.2) is 0 Å². The van der Waals surface area contributed by atoms with Crippen LogP contribution in [0.2, 0.25) is 0 Å². The number of amides is 3. The molecule has 3 aliphatic rings. The van der Waals surface area contributed by atoms with Gasteiger partial charge in [-0.05, 0) is 36.1 Å². The molecule has 1 atom stereocenters. The van der Waals surface area contributed by atoms with Crippen LogP contribution in [0.15, 0.2) is 54.7 Å². The Balaban J connectivity index is 1.24. The first-order chi connectivity index (χ1) is 17.2.